The number of amides is 3. The molecule has 4 aromatic carbocycles. The van der Waals surface area contributed by atoms with Crippen LogP contribution in [-0.2, 0) is 27.1 Å². The van der Waals surface area contributed by atoms with E-state index in [1.807, 2.05) is 56.6 Å². The van der Waals surface area contributed by atoms with Crippen molar-refractivity contribution in [2.75, 3.05) is 29.6 Å². The molecule has 3 N–H and O–H groups in total. The van der Waals surface area contributed by atoms with Crippen LogP contribution in [-0.4, -0.2) is 76.3 Å². The first kappa shape index (κ1) is 53.5. The monoisotopic (exact) mass is 1030 g/mol. The van der Waals surface area contributed by atoms with Crippen molar-refractivity contribution >= 4 is 64.0 Å². The Morgan fingerprint density at radius 3 is 2.32 bits per heavy atom. The number of halogens is 3. The molecule has 73 heavy (non-hydrogen) atoms. The fourth-order valence-corrected chi connectivity index (χ4v) is 9.92. The Morgan fingerprint density at radius 1 is 0.986 bits per heavy atom. The molecule has 19 heteroatoms. The number of ether oxygens (including phenoxy) is 3. The number of unbranched alkanes of at least 4 members (excludes halogenated alkanes) is 2. The van der Waals surface area contributed by atoms with E-state index in [4.69, 9.17) is 32.2 Å². The number of aliphatic imine (C=N–C) groups is 1. The molecule has 0 aliphatic carbocycles. The molecule has 0 spiro atoms. The van der Waals surface area contributed by atoms with Crippen molar-refractivity contribution < 1.29 is 41.8 Å². The van der Waals surface area contributed by atoms with Gasteiger partial charge in [-0.3, -0.25) is 24.3 Å². The van der Waals surface area contributed by atoms with Gasteiger partial charge in [-0.1, -0.05) is 44.2 Å². The van der Waals surface area contributed by atoms with Gasteiger partial charge in [0.15, 0.2) is 10.9 Å². The van der Waals surface area contributed by atoms with Gasteiger partial charge in [0.2, 0.25) is 11.8 Å². The minimum Gasteiger partial charge on any atom is -0.494 e. The summed E-state index contributed by atoms with van der Waals surface area (Å²) in [6.07, 6.45) is 1.48. The minimum atomic E-state index is -4.80. The maximum absolute atomic E-state index is 13.9. The molecule has 382 valence electrons. The van der Waals surface area contributed by atoms with Gasteiger partial charge in [0.1, 0.15) is 34.9 Å². The number of nitriles is 1. The molecular formula is C54H57F3N8O6S2. The van der Waals surface area contributed by atoms with Crippen molar-refractivity contribution in [2.45, 2.75) is 97.1 Å². The third kappa shape index (κ3) is 12.7. The van der Waals surface area contributed by atoms with E-state index in [0.717, 1.165) is 58.0 Å². The minimum absolute atomic E-state index is 0.00345. The zero-order valence-corrected chi connectivity index (χ0v) is 42.8. The first-order chi connectivity index (χ1) is 34.9. The number of aromatic nitrogens is 1. The Morgan fingerprint density at radius 2 is 1.67 bits per heavy atom. The van der Waals surface area contributed by atoms with Crippen LogP contribution >= 0.6 is 23.6 Å². The maximum Gasteiger partial charge on any atom is 0.417 e. The molecule has 0 bridgehead atoms. The van der Waals surface area contributed by atoms with E-state index >= 15 is 0 Å². The van der Waals surface area contributed by atoms with E-state index < -0.39 is 40.8 Å². The number of aryl methyl sites for hydroxylation is 1. The van der Waals surface area contributed by atoms with E-state index in [9.17, 15) is 32.8 Å². The smallest absolute Gasteiger partial charge is 0.417 e. The lowest BCUT2D eigenvalue weighted by atomic mass is 10.0. The molecule has 0 saturated carbocycles. The van der Waals surface area contributed by atoms with Crippen LogP contribution in [0.2, 0.25) is 0 Å². The fraction of sp³-hybridized carbons (Fsp3) is 0.352. The molecule has 14 nitrogen and oxygen atoms in total. The van der Waals surface area contributed by atoms with Gasteiger partial charge in [-0.2, -0.15) is 18.4 Å². The van der Waals surface area contributed by atoms with E-state index in [0.29, 0.717) is 62.1 Å². The number of allylic oxidation sites excluding steroid dienone is 1. The Labute approximate surface area is 432 Å². The highest BCUT2D eigenvalue weighted by Gasteiger charge is 2.51. The number of likely N-dealkylation sites (tertiary alicyclic amines) is 1. The van der Waals surface area contributed by atoms with Gasteiger partial charge in [-0.15, -0.1) is 11.3 Å². The van der Waals surface area contributed by atoms with Crippen molar-refractivity contribution in [1.29, 1.82) is 5.26 Å². The number of thiocarbonyl (C=S) groups is 1. The van der Waals surface area contributed by atoms with Crippen molar-refractivity contribution in [2.24, 2.45) is 16.6 Å². The van der Waals surface area contributed by atoms with Crippen molar-refractivity contribution in [3.8, 4) is 33.8 Å². The summed E-state index contributed by atoms with van der Waals surface area (Å²) in [7, 11) is 0. The summed E-state index contributed by atoms with van der Waals surface area (Å²) in [5.41, 5.74) is 8.34. The summed E-state index contributed by atoms with van der Waals surface area (Å²) < 4.78 is 59.2. The number of carbonyl (C=O) groups excluding carboxylic acids is 3. The summed E-state index contributed by atoms with van der Waals surface area (Å²) in [5, 5.41) is 12.3. The molecule has 2 fully saturated rings. The first-order valence-electron chi connectivity index (χ1n) is 23.9. The van der Waals surface area contributed by atoms with Crippen LogP contribution in [0.25, 0.3) is 10.4 Å². The maximum atomic E-state index is 13.9. The third-order valence-corrected chi connectivity index (χ3v) is 13.8. The first-order valence-corrected chi connectivity index (χ1v) is 25.2. The number of nitrogens with zero attached hydrogens (tertiary/aromatic N) is 6. The van der Waals surface area contributed by atoms with Gasteiger partial charge in [-0.05, 0) is 137 Å². The lowest BCUT2D eigenvalue weighted by Gasteiger charge is -2.29. The van der Waals surface area contributed by atoms with Crippen LogP contribution < -0.4 is 35.1 Å². The number of alkyl halides is 3. The molecule has 3 heterocycles. The number of hydrogen-bond acceptors (Lipinski definition) is 12. The lowest BCUT2D eigenvalue weighted by Crippen LogP contribution is -2.49. The Kier molecular flexibility index (Phi) is 17.2. The highest BCUT2D eigenvalue weighted by molar-refractivity contribution is 7.81. The van der Waals surface area contributed by atoms with Gasteiger partial charge >= 0.3 is 6.18 Å². The number of rotatable bonds is 20. The molecule has 5 aromatic rings. The highest BCUT2D eigenvalue weighted by Crippen LogP contribution is 2.40. The molecule has 2 aliphatic heterocycles. The Bertz CT molecular complexity index is 2900. The van der Waals surface area contributed by atoms with Gasteiger partial charge in [0, 0.05) is 31.0 Å². The molecule has 2 saturated heterocycles. The number of thiazole rings is 1. The van der Waals surface area contributed by atoms with E-state index in [-0.39, 0.29) is 34.3 Å². The summed E-state index contributed by atoms with van der Waals surface area (Å²) in [6, 6.07) is 25.3. The largest absolute Gasteiger partial charge is 0.494 e. The van der Waals surface area contributed by atoms with Crippen molar-refractivity contribution in [3.05, 3.63) is 131 Å². The molecule has 7 rings (SSSR count). The standard InChI is InChI=1S/C54H57F3N8O6S2/c1-34(2)47(50(67)63-24-10-13-46(63)49(66)61-31-36-14-16-37(17-15-36)48-35(3)62-33-73-48)60-32-44(30-59)71-43-12-9-11-42(28-43)70-26-8-6-7-25-69-41-22-20-39(21-23-41)65-52(72)64(51(68)53(65,4)5)40-19-18-38(29-58)45(27-40)54(55,56)57/h9,11-12,14-23,27-28,30,32-34,46-47H,6-8,10,13,24-26,31,59H2,1-5H3,(H,61,66)/t46-,47-/m0/s1. The molecular weight excluding hydrogens is 978 g/mol. The van der Waals surface area contributed by atoms with Crippen LogP contribution in [0.15, 0.2) is 113 Å². The number of anilines is 2. The average Bonchev–Trinajstić information content (AvgIpc) is 4.09. The van der Waals surface area contributed by atoms with Gasteiger partial charge in [0.05, 0.1) is 58.4 Å². The van der Waals surface area contributed by atoms with E-state index in [1.54, 1.807) is 83.5 Å². The molecule has 0 radical (unpaired) electrons. The number of nitrogens with two attached hydrogens (primary N) is 1. The fourth-order valence-electron chi connectivity index (χ4n) is 8.59. The highest BCUT2D eigenvalue weighted by atomic mass is 32.1. The zero-order chi connectivity index (χ0) is 52.5. The Balaban J connectivity index is 0.839. The number of nitrogens with one attached hydrogen (secondary N) is 1. The van der Waals surface area contributed by atoms with Crippen molar-refractivity contribution in [3.63, 3.8) is 0 Å². The molecule has 0 unspecified atom stereocenters. The van der Waals surface area contributed by atoms with E-state index in [1.165, 1.54) is 18.5 Å². The van der Waals surface area contributed by atoms with Crippen molar-refractivity contribution in [1.82, 2.24) is 15.2 Å². The molecule has 2 atom stereocenters. The van der Waals surface area contributed by atoms with Crippen LogP contribution in [0, 0.1) is 24.2 Å². The second-order valence-corrected chi connectivity index (χ2v) is 19.6. The summed E-state index contributed by atoms with van der Waals surface area (Å²) in [6.45, 7) is 10.7. The van der Waals surface area contributed by atoms with E-state index in [2.05, 4.69) is 15.3 Å². The zero-order valence-electron chi connectivity index (χ0n) is 41.1. The number of carbonyl (C=O) groups is 3. The second-order valence-electron chi connectivity index (χ2n) is 18.4. The summed E-state index contributed by atoms with van der Waals surface area (Å²) >= 11 is 7.24. The second kappa shape index (κ2) is 23.5. The van der Waals surface area contributed by atoms with Crippen LogP contribution in [0.3, 0.4) is 0 Å². The number of benzene rings is 4. The number of hydrogen-bond donors (Lipinski definition) is 2. The molecule has 1 aromatic heterocycles. The normalized spacial score (nSPS) is 16.3. The lowest BCUT2D eigenvalue weighted by molar-refractivity contribution is -0.140. The predicted octanol–water partition coefficient (Wildman–Crippen LogP) is 10.1. The van der Waals surface area contributed by atoms with Crippen LogP contribution in [0.4, 0.5) is 24.5 Å². The van der Waals surface area contributed by atoms with Gasteiger partial charge in [0.25, 0.3) is 5.91 Å². The average molecular weight is 1040 g/mol. The van der Waals surface area contributed by atoms with Crippen LogP contribution in [0.5, 0.6) is 17.2 Å². The topological polar surface area (TPSA) is 176 Å². The van der Waals surface area contributed by atoms with Crippen LogP contribution in [0.1, 0.15) is 82.2 Å². The third-order valence-electron chi connectivity index (χ3n) is 12.5. The SMILES string of the molecule is Cc1ncsc1-c1ccc(CNC(=O)[C@@H]2CCCN2C(=O)[C@@H](N=CC(=CN)Oc2cccc(OCCCCCOc3ccc(N4C(=S)N(c5ccc(C#N)c(C(F)(F)F)c5)C(=O)C4(C)C)cc3)c2)C(C)C)cc1. The quantitative estimate of drug-likeness (QED) is 0.0328. The summed E-state index contributed by atoms with van der Waals surface area (Å²) in [5.74, 6) is 0.747. The Hall–Kier alpha value is -7.30. The molecule has 3 amide bonds. The summed E-state index contributed by atoms with van der Waals surface area (Å²) in [4.78, 5) is 55.3. The van der Waals surface area contributed by atoms with Gasteiger partial charge < -0.3 is 35.1 Å². The van der Waals surface area contributed by atoms with Gasteiger partial charge in [-0.25, -0.2) is 4.98 Å². The molecule has 2 aliphatic rings. The predicted molar refractivity (Wildman–Crippen MR) is 279 cm³/mol.